The lowest BCUT2D eigenvalue weighted by Gasteiger charge is -2.10. The second kappa shape index (κ2) is 7.10. The normalized spacial score (nSPS) is 11.7. The molecule has 3 aromatic rings. The third-order valence-electron chi connectivity index (χ3n) is 3.18. The summed E-state index contributed by atoms with van der Waals surface area (Å²) in [7, 11) is 0. The number of amides is 1. The second-order valence-electron chi connectivity index (χ2n) is 4.69. The van der Waals surface area contributed by atoms with Crippen LogP contribution < -0.4 is 10.4 Å². The summed E-state index contributed by atoms with van der Waals surface area (Å²) in [5.74, 6) is -0.175. The van der Waals surface area contributed by atoms with Crippen molar-refractivity contribution in [2.45, 2.75) is 4.83 Å². The fraction of sp³-hybridized carbons (Fsp3) is 0.0667. The first-order valence-electron chi connectivity index (χ1n) is 6.40. The lowest BCUT2D eigenvalue weighted by atomic mass is 10.0. The number of nitrogens with zero attached hydrogens (tertiary/aromatic N) is 1. The van der Waals surface area contributed by atoms with Gasteiger partial charge in [0.05, 0.1) is 15.9 Å². The van der Waals surface area contributed by atoms with Crippen molar-refractivity contribution in [3.8, 4) is 0 Å². The van der Waals surface area contributed by atoms with E-state index in [0.717, 1.165) is 11.1 Å². The molecule has 0 aliphatic carbocycles. The summed E-state index contributed by atoms with van der Waals surface area (Å²) in [6.07, 6.45) is -1.43. The number of benzene rings is 2. The van der Waals surface area contributed by atoms with Crippen molar-refractivity contribution in [3.05, 3.63) is 59.4 Å². The van der Waals surface area contributed by atoms with Crippen molar-refractivity contribution in [2.24, 2.45) is 0 Å². The fourth-order valence-corrected chi connectivity index (χ4v) is 2.75. The maximum atomic E-state index is 13.0. The summed E-state index contributed by atoms with van der Waals surface area (Å²) in [4.78, 5) is 17.3. The zero-order valence-electron chi connectivity index (χ0n) is 11.5. The number of aromatic amines is 1. The van der Waals surface area contributed by atoms with Crippen LogP contribution in [0, 0.1) is 5.82 Å². The number of carbonyl (C=O) groups excluding carboxylic acids is 1. The molecule has 8 heteroatoms. The Morgan fingerprint density at radius 1 is 1.22 bits per heavy atom. The summed E-state index contributed by atoms with van der Waals surface area (Å²) in [6.45, 7) is 0. The highest BCUT2D eigenvalue weighted by Gasteiger charge is 2.12. The molecule has 1 amide bonds. The highest BCUT2D eigenvalue weighted by atomic mass is 79.9. The first-order valence-corrected chi connectivity index (χ1v) is 7.32. The van der Waals surface area contributed by atoms with Gasteiger partial charge in [0.15, 0.2) is 0 Å². The monoisotopic (exact) mass is 442 g/mol. The second-order valence-corrected chi connectivity index (χ2v) is 5.60. The molecule has 0 aliphatic rings. The number of hydrogen-bond acceptors (Lipinski definition) is 3. The van der Waals surface area contributed by atoms with Gasteiger partial charge < -0.3 is 20.2 Å². The molecule has 0 saturated carbocycles. The van der Waals surface area contributed by atoms with Gasteiger partial charge in [-0.25, -0.2) is 9.37 Å². The number of aromatic nitrogens is 2. The van der Waals surface area contributed by atoms with E-state index < -0.39 is 6.09 Å². The maximum Gasteiger partial charge on any atom is 0.206 e. The maximum absolute atomic E-state index is 13.0. The number of fused-ring (bicyclic) bond motifs is 1. The van der Waals surface area contributed by atoms with E-state index >= 15 is 0 Å². The zero-order chi connectivity index (χ0) is 15.7. The van der Waals surface area contributed by atoms with Crippen LogP contribution in [0.1, 0.15) is 16.0 Å². The van der Waals surface area contributed by atoms with Gasteiger partial charge in [-0.05, 0) is 35.4 Å². The SMILES string of the molecule is Br.O=C([O-])Nc1nc2ccc(C(Br)c3ccc(F)cc3)cc2[nH]1. The van der Waals surface area contributed by atoms with Gasteiger partial charge in [-0.15, -0.1) is 17.0 Å². The van der Waals surface area contributed by atoms with Crippen LogP contribution >= 0.6 is 32.9 Å². The molecule has 1 heterocycles. The molecule has 5 nitrogen and oxygen atoms in total. The van der Waals surface area contributed by atoms with Crippen LogP contribution in [-0.4, -0.2) is 16.1 Å². The van der Waals surface area contributed by atoms with E-state index in [2.05, 4.69) is 31.2 Å². The van der Waals surface area contributed by atoms with Crippen molar-refractivity contribution in [3.63, 3.8) is 0 Å². The third-order valence-corrected chi connectivity index (χ3v) is 4.24. The predicted octanol–water partition coefficient (Wildman–Crippen LogP) is 3.52. The first kappa shape index (κ1) is 17.4. The van der Waals surface area contributed by atoms with Crippen LogP contribution in [0.4, 0.5) is 15.1 Å². The minimum Gasteiger partial charge on any atom is -0.530 e. The molecule has 0 bridgehead atoms. The van der Waals surface area contributed by atoms with Gasteiger partial charge in [0.1, 0.15) is 11.9 Å². The van der Waals surface area contributed by atoms with Crippen molar-refractivity contribution in [1.29, 1.82) is 0 Å². The molecule has 3 rings (SSSR count). The number of rotatable bonds is 3. The Morgan fingerprint density at radius 3 is 2.52 bits per heavy atom. The summed E-state index contributed by atoms with van der Waals surface area (Å²) in [5, 5.41) is 12.6. The van der Waals surface area contributed by atoms with Crippen molar-refractivity contribution in [1.82, 2.24) is 9.97 Å². The molecule has 120 valence electrons. The van der Waals surface area contributed by atoms with Gasteiger partial charge in [-0.2, -0.15) is 0 Å². The predicted molar refractivity (Wildman–Crippen MR) is 92.6 cm³/mol. The fourth-order valence-electron chi connectivity index (χ4n) is 2.16. The molecule has 1 atom stereocenters. The number of nitrogens with one attached hydrogen (secondary N) is 2. The Hall–Kier alpha value is -1.93. The summed E-state index contributed by atoms with van der Waals surface area (Å²) in [6, 6.07) is 11.7. The molecule has 2 N–H and O–H groups in total. The van der Waals surface area contributed by atoms with E-state index in [0.29, 0.717) is 11.0 Å². The quantitative estimate of drug-likeness (QED) is 0.607. The minimum atomic E-state index is -1.43. The number of alkyl halides is 1. The van der Waals surface area contributed by atoms with Crippen LogP contribution in [0.25, 0.3) is 11.0 Å². The average molecular weight is 444 g/mol. The Balaban J connectivity index is 0.00000192. The minimum absolute atomic E-state index is 0. The molecule has 0 radical (unpaired) electrons. The molecule has 1 aromatic heterocycles. The molecular formula is C15H11Br2FN3O2-. The topological polar surface area (TPSA) is 80.8 Å². The molecule has 23 heavy (non-hydrogen) atoms. The molecule has 2 aromatic carbocycles. The standard InChI is InChI=1S/C15H11BrFN3O2.BrH/c16-13(8-1-4-10(17)5-2-8)9-3-6-11-12(7-9)19-14(18-11)20-15(21)22;/h1-7,13H,(H,21,22)(H2,18,19,20);1H/p-1. The van der Waals surface area contributed by atoms with Gasteiger partial charge in [0.25, 0.3) is 0 Å². The Bertz CT molecular complexity index is 836. The molecule has 1 unspecified atom stereocenters. The van der Waals surface area contributed by atoms with Gasteiger partial charge in [-0.1, -0.05) is 34.1 Å². The largest absolute Gasteiger partial charge is 0.530 e. The number of halogens is 3. The summed E-state index contributed by atoms with van der Waals surface area (Å²) >= 11 is 3.58. The molecule has 0 saturated heterocycles. The van der Waals surface area contributed by atoms with Crippen LogP contribution in [0.3, 0.4) is 0 Å². The van der Waals surface area contributed by atoms with Gasteiger partial charge in [-0.3, -0.25) is 0 Å². The Morgan fingerprint density at radius 2 is 1.87 bits per heavy atom. The number of anilines is 1. The van der Waals surface area contributed by atoms with Gasteiger partial charge >= 0.3 is 0 Å². The van der Waals surface area contributed by atoms with E-state index in [1.54, 1.807) is 18.2 Å². The molecule has 0 spiro atoms. The number of carbonyl (C=O) groups is 1. The molecule has 0 fully saturated rings. The van der Waals surface area contributed by atoms with Crippen LogP contribution in [-0.2, 0) is 0 Å². The van der Waals surface area contributed by atoms with E-state index in [1.165, 1.54) is 12.1 Å². The number of hydrogen-bond donors (Lipinski definition) is 2. The van der Waals surface area contributed by atoms with E-state index in [4.69, 9.17) is 0 Å². The van der Waals surface area contributed by atoms with Crippen LogP contribution in [0.15, 0.2) is 42.5 Å². The first-order chi connectivity index (χ1) is 10.5. The Kier molecular flexibility index (Phi) is 5.38. The van der Waals surface area contributed by atoms with E-state index in [-0.39, 0.29) is 33.6 Å². The van der Waals surface area contributed by atoms with Crippen LogP contribution in [0.5, 0.6) is 0 Å². The molecule has 0 aliphatic heterocycles. The smallest absolute Gasteiger partial charge is 0.206 e. The Labute approximate surface area is 149 Å². The number of carboxylic acid groups (broad SMARTS) is 1. The zero-order valence-corrected chi connectivity index (χ0v) is 14.8. The van der Waals surface area contributed by atoms with E-state index in [1.807, 2.05) is 12.1 Å². The highest BCUT2D eigenvalue weighted by molar-refractivity contribution is 9.09. The highest BCUT2D eigenvalue weighted by Crippen LogP contribution is 2.32. The van der Waals surface area contributed by atoms with Crippen LogP contribution in [0.2, 0.25) is 0 Å². The van der Waals surface area contributed by atoms with Crippen molar-refractivity contribution in [2.75, 3.05) is 5.32 Å². The molecular weight excluding hydrogens is 433 g/mol. The van der Waals surface area contributed by atoms with Crippen molar-refractivity contribution >= 4 is 56.0 Å². The van der Waals surface area contributed by atoms with Crippen molar-refractivity contribution < 1.29 is 14.3 Å². The summed E-state index contributed by atoms with van der Waals surface area (Å²) in [5.41, 5.74) is 3.16. The average Bonchev–Trinajstić information content (AvgIpc) is 2.87. The van der Waals surface area contributed by atoms with Gasteiger partial charge in [0, 0.05) is 0 Å². The summed E-state index contributed by atoms with van der Waals surface area (Å²) < 4.78 is 13.0. The van der Waals surface area contributed by atoms with Gasteiger partial charge in [0.2, 0.25) is 5.95 Å². The van der Waals surface area contributed by atoms with E-state index in [9.17, 15) is 14.3 Å². The lowest BCUT2D eigenvalue weighted by Crippen LogP contribution is -2.29. The number of H-pyrrole nitrogens is 1. The third kappa shape index (κ3) is 3.89. The number of imidazole rings is 1. The lowest BCUT2D eigenvalue weighted by molar-refractivity contribution is -0.242.